The predicted octanol–water partition coefficient (Wildman–Crippen LogP) is 2.40. The van der Waals surface area contributed by atoms with Gasteiger partial charge in [0.15, 0.2) is 0 Å². The molecule has 25 heavy (non-hydrogen) atoms. The first-order chi connectivity index (χ1) is 12.0. The van der Waals surface area contributed by atoms with Gasteiger partial charge in [0.25, 0.3) is 0 Å². The molecule has 1 aliphatic rings. The molecule has 0 saturated heterocycles. The minimum Gasteiger partial charge on any atom is -0.480 e. The first-order valence-electron chi connectivity index (χ1n) is 8.58. The van der Waals surface area contributed by atoms with Crippen molar-refractivity contribution in [2.45, 2.75) is 45.6 Å². The van der Waals surface area contributed by atoms with Gasteiger partial charge in [-0.2, -0.15) is 5.10 Å². The van der Waals surface area contributed by atoms with Crippen LogP contribution in [-0.2, 0) is 16.0 Å². The third kappa shape index (κ3) is 4.07. The van der Waals surface area contributed by atoms with Gasteiger partial charge in [0.05, 0.1) is 17.8 Å². The molecule has 1 atom stereocenters. The van der Waals surface area contributed by atoms with E-state index in [1.807, 2.05) is 48.9 Å². The highest BCUT2D eigenvalue weighted by atomic mass is 16.4. The van der Waals surface area contributed by atoms with E-state index in [9.17, 15) is 14.7 Å². The smallest absolute Gasteiger partial charge is 0.326 e. The summed E-state index contributed by atoms with van der Waals surface area (Å²) < 4.78 is 1.82. The Morgan fingerprint density at radius 2 is 1.96 bits per heavy atom. The summed E-state index contributed by atoms with van der Waals surface area (Å²) in [5.74, 6) is -0.800. The molecule has 6 nitrogen and oxygen atoms in total. The zero-order valence-corrected chi connectivity index (χ0v) is 14.5. The molecule has 1 aromatic heterocycles. The predicted molar refractivity (Wildman–Crippen MR) is 93.6 cm³/mol. The maximum atomic E-state index is 12.4. The average Bonchev–Trinajstić information content (AvgIpc) is 3.36. The molecule has 0 spiro atoms. The lowest BCUT2D eigenvalue weighted by atomic mass is 10.1. The van der Waals surface area contributed by atoms with Crippen LogP contribution in [0, 0.1) is 19.8 Å². The second kappa shape index (κ2) is 7.09. The number of para-hydroxylation sites is 1. The Bertz CT molecular complexity index is 779. The normalized spacial score (nSPS) is 15.0. The lowest BCUT2D eigenvalue weighted by Gasteiger charge is -2.14. The van der Waals surface area contributed by atoms with Crippen molar-refractivity contribution in [1.82, 2.24) is 15.1 Å². The summed E-state index contributed by atoms with van der Waals surface area (Å²) in [7, 11) is 0. The van der Waals surface area contributed by atoms with Gasteiger partial charge in [-0.05, 0) is 38.3 Å². The number of rotatable bonds is 7. The molecule has 1 heterocycles. The van der Waals surface area contributed by atoms with Gasteiger partial charge in [0.2, 0.25) is 5.91 Å². The van der Waals surface area contributed by atoms with E-state index in [2.05, 4.69) is 10.4 Å². The number of carboxylic acid groups (broad SMARTS) is 1. The van der Waals surface area contributed by atoms with Gasteiger partial charge < -0.3 is 10.4 Å². The van der Waals surface area contributed by atoms with Gasteiger partial charge in [-0.15, -0.1) is 0 Å². The topological polar surface area (TPSA) is 84.2 Å². The number of carbonyl (C=O) groups excluding carboxylic acids is 1. The summed E-state index contributed by atoms with van der Waals surface area (Å²) in [6, 6.07) is 8.93. The summed E-state index contributed by atoms with van der Waals surface area (Å²) >= 11 is 0. The fourth-order valence-corrected chi connectivity index (χ4v) is 3.07. The zero-order chi connectivity index (χ0) is 18.0. The van der Waals surface area contributed by atoms with Crippen molar-refractivity contribution in [1.29, 1.82) is 0 Å². The number of carboxylic acids is 1. The first kappa shape index (κ1) is 17.2. The van der Waals surface area contributed by atoms with Crippen molar-refractivity contribution in [3.05, 3.63) is 47.3 Å². The van der Waals surface area contributed by atoms with Crippen molar-refractivity contribution >= 4 is 11.9 Å². The molecule has 3 rings (SSSR count). The number of aryl methyl sites for hydroxylation is 1. The SMILES string of the molecule is Cc1nn(-c2ccccc2)c(C)c1CC(=O)NC(CC1CC1)C(=O)O. The van der Waals surface area contributed by atoms with Crippen LogP contribution in [-0.4, -0.2) is 32.8 Å². The number of aromatic nitrogens is 2. The van der Waals surface area contributed by atoms with Crippen molar-refractivity contribution in [2.24, 2.45) is 5.92 Å². The fourth-order valence-electron chi connectivity index (χ4n) is 3.07. The Morgan fingerprint density at radius 1 is 1.28 bits per heavy atom. The number of aliphatic carboxylic acids is 1. The highest BCUT2D eigenvalue weighted by Gasteiger charge is 2.30. The lowest BCUT2D eigenvalue weighted by Crippen LogP contribution is -2.41. The molecule has 2 aromatic rings. The standard InChI is InChI=1S/C19H23N3O3/c1-12-16(13(2)22(21-12)15-6-4-3-5-7-15)11-18(23)20-17(19(24)25)10-14-8-9-14/h3-7,14,17H,8-11H2,1-2H3,(H,20,23)(H,24,25). The van der Waals surface area contributed by atoms with Crippen LogP contribution in [0.2, 0.25) is 0 Å². The molecule has 1 aliphatic carbocycles. The molecular weight excluding hydrogens is 318 g/mol. The van der Waals surface area contributed by atoms with Gasteiger partial charge in [0, 0.05) is 11.3 Å². The Labute approximate surface area is 146 Å². The van der Waals surface area contributed by atoms with Gasteiger partial charge in [0.1, 0.15) is 6.04 Å². The number of amides is 1. The van der Waals surface area contributed by atoms with Crippen LogP contribution in [0.4, 0.5) is 0 Å². The number of hydrogen-bond donors (Lipinski definition) is 2. The van der Waals surface area contributed by atoms with E-state index in [1.165, 1.54) is 0 Å². The van der Waals surface area contributed by atoms with Crippen LogP contribution in [0.3, 0.4) is 0 Å². The number of carbonyl (C=O) groups is 2. The van der Waals surface area contributed by atoms with Crippen LogP contribution < -0.4 is 5.32 Å². The van der Waals surface area contributed by atoms with Crippen LogP contribution in [0.15, 0.2) is 30.3 Å². The molecule has 6 heteroatoms. The zero-order valence-electron chi connectivity index (χ0n) is 14.5. The minimum absolute atomic E-state index is 0.138. The van der Waals surface area contributed by atoms with E-state index in [1.54, 1.807) is 0 Å². The van der Waals surface area contributed by atoms with Gasteiger partial charge in [-0.1, -0.05) is 31.0 Å². The molecule has 0 aliphatic heterocycles. The average molecular weight is 341 g/mol. The van der Waals surface area contributed by atoms with Gasteiger partial charge in [-0.25, -0.2) is 9.48 Å². The third-order valence-electron chi connectivity index (χ3n) is 4.68. The molecule has 1 amide bonds. The molecule has 0 bridgehead atoms. The summed E-state index contributed by atoms with van der Waals surface area (Å²) in [6.45, 7) is 3.79. The van der Waals surface area contributed by atoms with Crippen LogP contribution in [0.1, 0.15) is 36.2 Å². The molecule has 132 valence electrons. The number of benzene rings is 1. The maximum Gasteiger partial charge on any atom is 0.326 e. The molecule has 1 fully saturated rings. The quantitative estimate of drug-likeness (QED) is 0.810. The van der Waals surface area contributed by atoms with Crippen molar-refractivity contribution in [2.75, 3.05) is 0 Å². The summed E-state index contributed by atoms with van der Waals surface area (Å²) in [6.07, 6.45) is 2.77. The highest BCUT2D eigenvalue weighted by Crippen LogP contribution is 2.33. The second-order valence-electron chi connectivity index (χ2n) is 6.71. The van der Waals surface area contributed by atoms with Gasteiger partial charge in [-0.3, -0.25) is 4.79 Å². The summed E-state index contributed by atoms with van der Waals surface area (Å²) in [4.78, 5) is 23.7. The molecule has 1 aromatic carbocycles. The summed E-state index contributed by atoms with van der Waals surface area (Å²) in [5, 5.41) is 16.5. The van der Waals surface area contributed by atoms with Crippen molar-refractivity contribution < 1.29 is 14.7 Å². The van der Waals surface area contributed by atoms with Crippen LogP contribution in [0.5, 0.6) is 0 Å². The summed E-state index contributed by atoms with van der Waals surface area (Å²) in [5.41, 5.74) is 3.46. The van der Waals surface area contributed by atoms with E-state index in [0.717, 1.165) is 35.5 Å². The van der Waals surface area contributed by atoms with Crippen molar-refractivity contribution in [3.8, 4) is 5.69 Å². The Morgan fingerprint density at radius 3 is 2.56 bits per heavy atom. The Balaban J connectivity index is 1.72. The Hall–Kier alpha value is -2.63. The molecule has 1 unspecified atom stereocenters. The lowest BCUT2D eigenvalue weighted by molar-refractivity contribution is -0.142. The van der Waals surface area contributed by atoms with Gasteiger partial charge >= 0.3 is 5.97 Å². The van der Waals surface area contributed by atoms with Crippen LogP contribution in [0.25, 0.3) is 5.69 Å². The Kier molecular flexibility index (Phi) is 4.88. The molecular formula is C19H23N3O3. The fraction of sp³-hybridized carbons (Fsp3) is 0.421. The van der Waals surface area contributed by atoms with E-state index in [4.69, 9.17) is 0 Å². The van der Waals surface area contributed by atoms with E-state index in [0.29, 0.717) is 12.3 Å². The monoisotopic (exact) mass is 341 g/mol. The number of hydrogen-bond acceptors (Lipinski definition) is 3. The van der Waals surface area contributed by atoms with E-state index in [-0.39, 0.29) is 12.3 Å². The van der Waals surface area contributed by atoms with E-state index >= 15 is 0 Å². The second-order valence-corrected chi connectivity index (χ2v) is 6.71. The molecule has 0 radical (unpaired) electrons. The molecule has 2 N–H and O–H groups in total. The number of nitrogens with one attached hydrogen (secondary N) is 1. The maximum absolute atomic E-state index is 12.4. The highest BCUT2D eigenvalue weighted by molar-refractivity contribution is 5.85. The first-order valence-corrected chi connectivity index (χ1v) is 8.58. The molecule has 1 saturated carbocycles. The number of nitrogens with zero attached hydrogens (tertiary/aromatic N) is 2. The van der Waals surface area contributed by atoms with Crippen LogP contribution >= 0.6 is 0 Å². The van der Waals surface area contributed by atoms with Crippen molar-refractivity contribution in [3.63, 3.8) is 0 Å². The largest absolute Gasteiger partial charge is 0.480 e. The van der Waals surface area contributed by atoms with E-state index < -0.39 is 12.0 Å². The minimum atomic E-state index is -0.964. The third-order valence-corrected chi connectivity index (χ3v) is 4.68.